The van der Waals surface area contributed by atoms with E-state index < -0.39 is 0 Å². The second-order valence-electron chi connectivity index (χ2n) is 10.3. The summed E-state index contributed by atoms with van der Waals surface area (Å²) >= 11 is 0. The molecule has 0 atom stereocenters. The molecule has 1 spiro atoms. The van der Waals surface area contributed by atoms with Crippen molar-refractivity contribution in [3.05, 3.63) is 108 Å². The van der Waals surface area contributed by atoms with Gasteiger partial charge in [0.15, 0.2) is 0 Å². The molecule has 34 heavy (non-hydrogen) atoms. The Morgan fingerprint density at radius 3 is 1.94 bits per heavy atom. The Morgan fingerprint density at radius 1 is 0.588 bits per heavy atom. The third-order valence-corrected chi connectivity index (χ3v) is 8.01. The molecule has 0 radical (unpaired) electrons. The molecule has 0 unspecified atom stereocenters. The van der Waals surface area contributed by atoms with Crippen molar-refractivity contribution in [3.63, 3.8) is 0 Å². The van der Waals surface area contributed by atoms with Crippen LogP contribution in [0.2, 0.25) is 0 Å². The van der Waals surface area contributed by atoms with Crippen LogP contribution in [0.4, 0.5) is 11.4 Å². The summed E-state index contributed by atoms with van der Waals surface area (Å²) in [5.74, 6) is 0. The zero-order valence-electron chi connectivity index (χ0n) is 20.3. The summed E-state index contributed by atoms with van der Waals surface area (Å²) < 4.78 is 0. The first-order valence-corrected chi connectivity index (χ1v) is 12.9. The van der Waals surface area contributed by atoms with E-state index in [4.69, 9.17) is 0 Å². The lowest BCUT2D eigenvalue weighted by Gasteiger charge is -2.37. The number of fused-ring (bicyclic) bond motifs is 5. The quantitative estimate of drug-likeness (QED) is 0.304. The average Bonchev–Trinajstić information content (AvgIpc) is 3.14. The topological polar surface area (TPSA) is 3.24 Å². The largest absolute Gasteiger partial charge is 0.339 e. The van der Waals surface area contributed by atoms with Crippen molar-refractivity contribution in [2.45, 2.75) is 57.4 Å². The third-order valence-electron chi connectivity index (χ3n) is 8.01. The summed E-state index contributed by atoms with van der Waals surface area (Å²) in [6, 6.07) is 36.5. The van der Waals surface area contributed by atoms with Gasteiger partial charge in [-0.15, -0.1) is 0 Å². The second-order valence-corrected chi connectivity index (χ2v) is 10.3. The van der Waals surface area contributed by atoms with Crippen molar-refractivity contribution < 1.29 is 0 Å². The van der Waals surface area contributed by atoms with E-state index >= 15 is 0 Å². The van der Waals surface area contributed by atoms with E-state index in [1.165, 1.54) is 65.7 Å². The summed E-state index contributed by atoms with van der Waals surface area (Å²) in [7, 11) is 0. The summed E-state index contributed by atoms with van der Waals surface area (Å²) in [6.45, 7) is 4.59. The van der Waals surface area contributed by atoms with E-state index in [1.807, 2.05) is 0 Å². The third kappa shape index (κ3) is 3.38. The molecule has 1 saturated carbocycles. The minimum absolute atomic E-state index is 0.194. The highest BCUT2D eigenvalue weighted by Gasteiger charge is 2.43. The second kappa shape index (κ2) is 8.47. The SMILES string of the molecule is CC(C)N(c1ccc(-c2ccccc2)cc1)c1ccc2c(c1)C1(CCCCC1)c1ccccc1-2. The van der Waals surface area contributed by atoms with Crippen LogP contribution < -0.4 is 4.90 Å². The molecule has 0 bridgehead atoms. The molecule has 4 aromatic carbocycles. The van der Waals surface area contributed by atoms with Crippen LogP contribution in [0.25, 0.3) is 22.3 Å². The lowest BCUT2D eigenvalue weighted by molar-refractivity contribution is 0.353. The predicted molar refractivity (Wildman–Crippen MR) is 145 cm³/mol. The molecule has 2 aliphatic rings. The molecular formula is C33H33N. The Kier molecular flexibility index (Phi) is 5.29. The van der Waals surface area contributed by atoms with E-state index in [1.54, 1.807) is 11.1 Å². The first kappa shape index (κ1) is 21.2. The van der Waals surface area contributed by atoms with E-state index in [9.17, 15) is 0 Å². The maximum atomic E-state index is 2.52. The normalized spacial score (nSPS) is 15.9. The van der Waals surface area contributed by atoms with Gasteiger partial charge in [-0.25, -0.2) is 0 Å². The lowest BCUT2D eigenvalue weighted by Crippen LogP contribution is -2.29. The Morgan fingerprint density at radius 2 is 1.21 bits per heavy atom. The van der Waals surface area contributed by atoms with Crippen molar-refractivity contribution in [1.29, 1.82) is 0 Å². The number of hydrogen-bond acceptors (Lipinski definition) is 1. The van der Waals surface area contributed by atoms with Crippen LogP contribution in [0.1, 0.15) is 57.1 Å². The molecule has 170 valence electrons. The van der Waals surface area contributed by atoms with Crippen LogP contribution in [-0.4, -0.2) is 6.04 Å². The van der Waals surface area contributed by atoms with Crippen molar-refractivity contribution in [2.75, 3.05) is 4.90 Å². The van der Waals surface area contributed by atoms with Crippen LogP contribution in [0.5, 0.6) is 0 Å². The first-order valence-electron chi connectivity index (χ1n) is 12.9. The maximum absolute atomic E-state index is 2.52. The molecule has 1 heteroatoms. The number of hydrogen-bond donors (Lipinski definition) is 0. The van der Waals surface area contributed by atoms with Crippen molar-refractivity contribution in [3.8, 4) is 22.3 Å². The maximum Gasteiger partial charge on any atom is 0.0416 e. The molecule has 0 aromatic heterocycles. The summed E-state index contributed by atoms with van der Waals surface area (Å²) in [5.41, 5.74) is 11.3. The molecule has 4 aromatic rings. The van der Waals surface area contributed by atoms with Crippen molar-refractivity contribution >= 4 is 11.4 Å². The van der Waals surface area contributed by atoms with Gasteiger partial charge in [0.25, 0.3) is 0 Å². The molecule has 0 saturated heterocycles. The Balaban J connectivity index is 1.42. The van der Waals surface area contributed by atoms with E-state index in [2.05, 4.69) is 116 Å². The minimum Gasteiger partial charge on any atom is -0.339 e. The molecule has 2 aliphatic carbocycles. The Bertz CT molecular complexity index is 1290. The highest BCUT2D eigenvalue weighted by molar-refractivity contribution is 5.84. The van der Waals surface area contributed by atoms with Gasteiger partial charge in [0.1, 0.15) is 0 Å². The molecule has 1 nitrogen and oxygen atoms in total. The van der Waals surface area contributed by atoms with Crippen LogP contribution in [0, 0.1) is 0 Å². The van der Waals surface area contributed by atoms with Gasteiger partial charge in [-0.3, -0.25) is 0 Å². The predicted octanol–water partition coefficient (Wildman–Crippen LogP) is 9.13. The smallest absolute Gasteiger partial charge is 0.0416 e. The van der Waals surface area contributed by atoms with E-state index in [0.717, 1.165) is 0 Å². The van der Waals surface area contributed by atoms with Crippen molar-refractivity contribution in [2.24, 2.45) is 0 Å². The Labute approximate surface area is 204 Å². The number of anilines is 2. The molecule has 6 rings (SSSR count). The van der Waals surface area contributed by atoms with Gasteiger partial charge in [-0.05, 0) is 84.3 Å². The van der Waals surface area contributed by atoms with Gasteiger partial charge in [0, 0.05) is 22.8 Å². The zero-order chi connectivity index (χ0) is 23.1. The summed E-state index contributed by atoms with van der Waals surface area (Å²) in [4.78, 5) is 2.49. The van der Waals surface area contributed by atoms with Gasteiger partial charge in [-0.1, -0.05) is 92.1 Å². The standard InChI is InChI=1S/C33H33N/c1-24(2)34(27-17-15-26(16-18-27)25-11-5-3-6-12-25)28-19-20-30-29-13-7-8-14-31(29)33(32(30)23-28)21-9-4-10-22-33/h3,5-8,11-20,23-24H,4,9-10,21-22H2,1-2H3. The van der Waals surface area contributed by atoms with Crippen LogP contribution >= 0.6 is 0 Å². The lowest BCUT2D eigenvalue weighted by atomic mass is 9.68. The highest BCUT2D eigenvalue weighted by atomic mass is 15.2. The van der Waals surface area contributed by atoms with Gasteiger partial charge in [-0.2, -0.15) is 0 Å². The van der Waals surface area contributed by atoms with Gasteiger partial charge in [0.2, 0.25) is 0 Å². The van der Waals surface area contributed by atoms with Crippen LogP contribution in [0.15, 0.2) is 97.1 Å². The fourth-order valence-corrected chi connectivity index (χ4v) is 6.48. The average molecular weight is 444 g/mol. The van der Waals surface area contributed by atoms with E-state index in [0.29, 0.717) is 6.04 Å². The van der Waals surface area contributed by atoms with Crippen LogP contribution in [0.3, 0.4) is 0 Å². The molecule has 0 amide bonds. The highest BCUT2D eigenvalue weighted by Crippen LogP contribution is 2.56. The molecule has 0 aliphatic heterocycles. The van der Waals surface area contributed by atoms with Crippen molar-refractivity contribution in [1.82, 2.24) is 0 Å². The van der Waals surface area contributed by atoms with E-state index in [-0.39, 0.29) is 5.41 Å². The zero-order valence-corrected chi connectivity index (χ0v) is 20.3. The summed E-state index contributed by atoms with van der Waals surface area (Å²) in [5, 5.41) is 0. The number of benzene rings is 4. The van der Waals surface area contributed by atoms with Gasteiger partial charge < -0.3 is 4.90 Å². The minimum atomic E-state index is 0.194. The van der Waals surface area contributed by atoms with Gasteiger partial charge >= 0.3 is 0 Å². The number of rotatable bonds is 4. The fraction of sp³-hybridized carbons (Fsp3) is 0.273. The molecule has 0 heterocycles. The van der Waals surface area contributed by atoms with Gasteiger partial charge in [0.05, 0.1) is 0 Å². The molecular weight excluding hydrogens is 410 g/mol. The van der Waals surface area contributed by atoms with Crippen LogP contribution in [-0.2, 0) is 5.41 Å². The molecule has 0 N–H and O–H groups in total. The first-order chi connectivity index (χ1) is 16.7. The fourth-order valence-electron chi connectivity index (χ4n) is 6.48. The summed E-state index contributed by atoms with van der Waals surface area (Å²) in [6.07, 6.45) is 6.56. The monoisotopic (exact) mass is 443 g/mol. The Hall–Kier alpha value is -3.32. The number of nitrogens with zero attached hydrogens (tertiary/aromatic N) is 1. The molecule has 1 fully saturated rings.